The molecule has 0 saturated heterocycles. The molecule has 0 aliphatic rings. The van der Waals surface area contributed by atoms with Crippen molar-refractivity contribution in [1.82, 2.24) is 4.98 Å². The predicted molar refractivity (Wildman–Crippen MR) is 74.7 cm³/mol. The summed E-state index contributed by atoms with van der Waals surface area (Å²) in [5.41, 5.74) is 2.63. The number of aromatic nitrogens is 1. The van der Waals surface area contributed by atoms with Crippen molar-refractivity contribution in [3.05, 3.63) is 45.7 Å². The van der Waals surface area contributed by atoms with Crippen LogP contribution in [-0.4, -0.2) is 10.7 Å². The summed E-state index contributed by atoms with van der Waals surface area (Å²) in [6, 6.07) is 7.25. The van der Waals surface area contributed by atoms with Crippen LogP contribution in [0.15, 0.2) is 29.1 Å². The molecule has 1 aromatic heterocycles. The normalized spacial score (nSPS) is 10.0. The van der Waals surface area contributed by atoms with Gasteiger partial charge in [0.2, 0.25) is 0 Å². The summed E-state index contributed by atoms with van der Waals surface area (Å²) in [5.74, 6) is 6.79. The van der Waals surface area contributed by atoms with E-state index >= 15 is 0 Å². The molecule has 0 aliphatic carbocycles. The Labute approximate surface area is 105 Å². The third-order valence-electron chi connectivity index (χ3n) is 2.43. The SMILES string of the molecule is Cc1cc(=O)c2cc(C#CCCS)ccc2[nH]1. The summed E-state index contributed by atoms with van der Waals surface area (Å²) in [7, 11) is 0. The molecule has 0 unspecified atom stereocenters. The highest BCUT2D eigenvalue weighted by Crippen LogP contribution is 2.10. The first kappa shape index (κ1) is 11.8. The van der Waals surface area contributed by atoms with Gasteiger partial charge in [-0.3, -0.25) is 4.79 Å². The molecule has 2 rings (SSSR count). The van der Waals surface area contributed by atoms with E-state index in [4.69, 9.17) is 0 Å². The Hall–Kier alpha value is -1.66. The number of fused-ring (bicyclic) bond motifs is 1. The van der Waals surface area contributed by atoms with Crippen LogP contribution in [-0.2, 0) is 0 Å². The van der Waals surface area contributed by atoms with E-state index in [1.165, 1.54) is 0 Å². The number of H-pyrrole nitrogens is 1. The van der Waals surface area contributed by atoms with Crippen LogP contribution in [0.5, 0.6) is 0 Å². The molecule has 0 fully saturated rings. The summed E-state index contributed by atoms with van der Waals surface area (Å²) in [6.07, 6.45) is 0.755. The van der Waals surface area contributed by atoms with E-state index in [2.05, 4.69) is 29.5 Å². The van der Waals surface area contributed by atoms with Gasteiger partial charge in [-0.2, -0.15) is 12.6 Å². The second-order valence-electron chi connectivity index (χ2n) is 3.85. The number of hydrogen-bond donors (Lipinski definition) is 2. The lowest BCUT2D eigenvalue weighted by atomic mass is 10.1. The maximum Gasteiger partial charge on any atom is 0.189 e. The maximum absolute atomic E-state index is 11.8. The zero-order chi connectivity index (χ0) is 12.3. The van der Waals surface area contributed by atoms with E-state index in [1.54, 1.807) is 6.07 Å². The Morgan fingerprint density at radius 2 is 2.18 bits per heavy atom. The van der Waals surface area contributed by atoms with Crippen LogP contribution in [0.4, 0.5) is 0 Å². The highest BCUT2D eigenvalue weighted by molar-refractivity contribution is 7.80. The van der Waals surface area contributed by atoms with Crippen molar-refractivity contribution < 1.29 is 0 Å². The minimum absolute atomic E-state index is 0.0362. The Balaban J connectivity index is 2.52. The lowest BCUT2D eigenvalue weighted by molar-refractivity contribution is 1.24. The van der Waals surface area contributed by atoms with Crippen molar-refractivity contribution in [3.8, 4) is 11.8 Å². The van der Waals surface area contributed by atoms with Crippen molar-refractivity contribution in [1.29, 1.82) is 0 Å². The monoisotopic (exact) mass is 243 g/mol. The summed E-state index contributed by atoms with van der Waals surface area (Å²) in [6.45, 7) is 1.88. The molecule has 2 aromatic rings. The average molecular weight is 243 g/mol. The molecule has 0 aliphatic heterocycles. The fourth-order valence-electron chi connectivity index (χ4n) is 1.68. The van der Waals surface area contributed by atoms with Crippen LogP contribution in [0.3, 0.4) is 0 Å². The minimum Gasteiger partial charge on any atom is -0.358 e. The van der Waals surface area contributed by atoms with Crippen molar-refractivity contribution in [3.63, 3.8) is 0 Å². The zero-order valence-electron chi connectivity index (χ0n) is 9.58. The number of aryl methyl sites for hydroxylation is 1. The van der Waals surface area contributed by atoms with Gasteiger partial charge in [0.25, 0.3) is 0 Å². The van der Waals surface area contributed by atoms with Crippen LogP contribution in [0.2, 0.25) is 0 Å². The third kappa shape index (κ3) is 2.72. The van der Waals surface area contributed by atoms with Gasteiger partial charge in [-0.25, -0.2) is 0 Å². The van der Waals surface area contributed by atoms with Crippen LogP contribution in [0.25, 0.3) is 10.9 Å². The molecule has 17 heavy (non-hydrogen) atoms. The van der Waals surface area contributed by atoms with Gasteiger partial charge in [-0.15, -0.1) is 0 Å². The number of hydrogen-bond acceptors (Lipinski definition) is 2. The average Bonchev–Trinajstić information content (AvgIpc) is 2.30. The van der Waals surface area contributed by atoms with Gasteiger partial charge in [0.1, 0.15) is 0 Å². The molecule has 0 saturated carbocycles. The molecule has 0 amide bonds. The van der Waals surface area contributed by atoms with Gasteiger partial charge in [0.15, 0.2) is 5.43 Å². The lowest BCUT2D eigenvalue weighted by Gasteiger charge is -2.00. The van der Waals surface area contributed by atoms with Crippen LogP contribution in [0.1, 0.15) is 17.7 Å². The maximum atomic E-state index is 11.8. The van der Waals surface area contributed by atoms with E-state index in [0.717, 1.165) is 28.9 Å². The van der Waals surface area contributed by atoms with Crippen molar-refractivity contribution in [2.45, 2.75) is 13.3 Å². The van der Waals surface area contributed by atoms with E-state index < -0.39 is 0 Å². The number of benzene rings is 1. The number of aromatic amines is 1. The fourth-order valence-corrected chi connectivity index (χ4v) is 1.79. The van der Waals surface area contributed by atoms with Crippen molar-refractivity contribution in [2.75, 3.05) is 5.75 Å². The second kappa shape index (κ2) is 5.11. The zero-order valence-corrected chi connectivity index (χ0v) is 10.5. The topological polar surface area (TPSA) is 32.9 Å². The van der Waals surface area contributed by atoms with Crippen molar-refractivity contribution >= 4 is 23.5 Å². The molecule has 1 N–H and O–H groups in total. The Morgan fingerprint density at radius 3 is 2.94 bits per heavy atom. The third-order valence-corrected chi connectivity index (χ3v) is 2.66. The molecule has 3 heteroatoms. The van der Waals surface area contributed by atoms with Crippen LogP contribution in [0, 0.1) is 18.8 Å². The van der Waals surface area contributed by atoms with E-state index in [-0.39, 0.29) is 5.43 Å². The smallest absolute Gasteiger partial charge is 0.189 e. The van der Waals surface area contributed by atoms with E-state index in [1.807, 2.05) is 25.1 Å². The van der Waals surface area contributed by atoms with Gasteiger partial charge in [-0.05, 0) is 25.1 Å². The highest BCUT2D eigenvalue weighted by atomic mass is 32.1. The first-order valence-electron chi connectivity index (χ1n) is 5.44. The fraction of sp³-hybridized carbons (Fsp3) is 0.214. The van der Waals surface area contributed by atoms with Crippen LogP contribution >= 0.6 is 12.6 Å². The quantitative estimate of drug-likeness (QED) is 0.585. The summed E-state index contributed by atoms with van der Waals surface area (Å²) in [5, 5.41) is 0.688. The standard InChI is InChI=1S/C14H13NOS/c1-10-8-14(16)12-9-11(4-2-3-7-17)5-6-13(12)15-10/h5-6,8-9,17H,3,7H2,1H3,(H,15,16). The molecule has 2 nitrogen and oxygen atoms in total. The molecular formula is C14H13NOS. The molecule has 0 bridgehead atoms. The summed E-state index contributed by atoms with van der Waals surface area (Å²) < 4.78 is 0. The lowest BCUT2D eigenvalue weighted by Crippen LogP contribution is -2.02. The molecule has 86 valence electrons. The molecule has 1 aromatic carbocycles. The molecular weight excluding hydrogens is 230 g/mol. The summed E-state index contributed by atoms with van der Waals surface area (Å²) in [4.78, 5) is 15.0. The molecule has 0 spiro atoms. The Kier molecular flexibility index (Phi) is 3.55. The van der Waals surface area contributed by atoms with Gasteiger partial charge < -0.3 is 4.98 Å². The van der Waals surface area contributed by atoms with E-state index in [0.29, 0.717) is 5.39 Å². The van der Waals surface area contributed by atoms with E-state index in [9.17, 15) is 4.79 Å². The minimum atomic E-state index is 0.0362. The largest absolute Gasteiger partial charge is 0.358 e. The van der Waals surface area contributed by atoms with Gasteiger partial charge in [-0.1, -0.05) is 11.8 Å². The van der Waals surface area contributed by atoms with Crippen LogP contribution < -0.4 is 5.43 Å². The number of rotatable bonds is 1. The number of pyridine rings is 1. The Bertz CT molecular complexity index is 661. The predicted octanol–water partition coefficient (Wildman–Crippen LogP) is 2.51. The van der Waals surface area contributed by atoms with Gasteiger partial charge in [0.05, 0.1) is 0 Å². The Morgan fingerprint density at radius 1 is 1.35 bits per heavy atom. The first-order valence-corrected chi connectivity index (χ1v) is 6.07. The van der Waals surface area contributed by atoms with Gasteiger partial charge in [0, 0.05) is 40.4 Å². The second-order valence-corrected chi connectivity index (χ2v) is 4.30. The van der Waals surface area contributed by atoms with Gasteiger partial charge >= 0.3 is 0 Å². The summed E-state index contributed by atoms with van der Waals surface area (Å²) >= 11 is 4.10. The highest BCUT2D eigenvalue weighted by Gasteiger charge is 2.00. The number of thiol groups is 1. The molecule has 1 heterocycles. The molecule has 0 atom stereocenters. The molecule has 0 radical (unpaired) electrons. The van der Waals surface area contributed by atoms with Crippen molar-refractivity contribution in [2.24, 2.45) is 0 Å². The number of nitrogens with one attached hydrogen (secondary N) is 1. The first-order chi connectivity index (χ1) is 8.20.